The minimum absolute atomic E-state index is 0.00133. The molecular formula is C11H13NO5. The average Bonchev–Trinajstić information content (AvgIpc) is 2.29. The number of carboxylic acids is 1. The van der Waals surface area contributed by atoms with Crippen LogP contribution in [-0.2, 0) is 16.0 Å². The smallest absolute Gasteiger partial charge is 0.334 e. The van der Waals surface area contributed by atoms with Gasteiger partial charge in [-0.05, 0) is 6.07 Å². The number of carbonyl (C=O) groups is 2. The third-order valence-corrected chi connectivity index (χ3v) is 2.12. The van der Waals surface area contributed by atoms with Gasteiger partial charge in [0, 0.05) is 5.56 Å². The molecule has 0 fully saturated rings. The number of aromatic hydroxyl groups is 1. The van der Waals surface area contributed by atoms with Crippen molar-refractivity contribution in [3.63, 3.8) is 0 Å². The van der Waals surface area contributed by atoms with E-state index >= 15 is 0 Å². The zero-order chi connectivity index (χ0) is 12.8. The molecule has 1 atom stereocenters. The monoisotopic (exact) mass is 239 g/mol. The quantitative estimate of drug-likeness (QED) is 0.554. The Hall–Kier alpha value is -2.08. The molecule has 0 bridgehead atoms. The largest absolute Gasteiger partial charge is 0.508 e. The highest BCUT2D eigenvalue weighted by atomic mass is 16.4. The highest BCUT2D eigenvalue weighted by Crippen LogP contribution is 2.15. The number of phenolic OH excluding ortho intramolecular Hbond substituents is 1. The number of nitrogens with one attached hydrogen (secondary N) is 1. The third kappa shape index (κ3) is 4.12. The van der Waals surface area contributed by atoms with Crippen LogP contribution in [-0.4, -0.2) is 39.8 Å². The van der Waals surface area contributed by atoms with E-state index in [4.69, 9.17) is 10.2 Å². The number of carboxylic acid groups (broad SMARTS) is 1. The molecule has 0 saturated carbocycles. The minimum Gasteiger partial charge on any atom is -0.508 e. The van der Waals surface area contributed by atoms with Crippen molar-refractivity contribution in [1.82, 2.24) is 5.32 Å². The molecule has 92 valence electrons. The van der Waals surface area contributed by atoms with Gasteiger partial charge in [0.1, 0.15) is 5.75 Å². The molecule has 0 aliphatic carbocycles. The summed E-state index contributed by atoms with van der Waals surface area (Å²) >= 11 is 0. The van der Waals surface area contributed by atoms with Gasteiger partial charge in [-0.1, -0.05) is 18.2 Å². The number of phenols is 1. The fraction of sp³-hybridized carbons (Fsp3) is 0.273. The van der Waals surface area contributed by atoms with E-state index in [1.807, 2.05) is 0 Å². The Morgan fingerprint density at radius 1 is 1.29 bits per heavy atom. The van der Waals surface area contributed by atoms with Gasteiger partial charge in [-0.15, -0.1) is 0 Å². The van der Waals surface area contributed by atoms with E-state index in [1.54, 1.807) is 18.2 Å². The molecule has 0 saturated heterocycles. The molecule has 1 rings (SSSR count). The minimum atomic E-state index is -1.62. The summed E-state index contributed by atoms with van der Waals surface area (Å²) in [5, 5.41) is 29.0. The Balaban J connectivity index is 2.46. The normalized spacial score (nSPS) is 11.8. The van der Waals surface area contributed by atoms with E-state index in [2.05, 4.69) is 5.32 Å². The molecule has 0 radical (unpaired) electrons. The number of benzene rings is 1. The summed E-state index contributed by atoms with van der Waals surface area (Å²) in [4.78, 5) is 21.6. The Kier molecular flexibility index (Phi) is 4.47. The molecule has 6 nitrogen and oxygen atoms in total. The molecule has 0 aromatic heterocycles. The van der Waals surface area contributed by atoms with Crippen LogP contribution in [0.1, 0.15) is 5.56 Å². The van der Waals surface area contributed by atoms with Gasteiger partial charge in [-0.25, -0.2) is 4.79 Å². The number of aliphatic carboxylic acids is 1. The predicted octanol–water partition coefficient (Wildman–Crippen LogP) is -0.504. The first-order chi connectivity index (χ1) is 8.00. The van der Waals surface area contributed by atoms with Gasteiger partial charge in [-0.3, -0.25) is 4.79 Å². The second kappa shape index (κ2) is 5.86. The van der Waals surface area contributed by atoms with Gasteiger partial charge in [0.05, 0.1) is 13.0 Å². The topological polar surface area (TPSA) is 107 Å². The van der Waals surface area contributed by atoms with Crippen molar-refractivity contribution in [3.8, 4) is 5.75 Å². The lowest BCUT2D eigenvalue weighted by molar-refractivity contribution is -0.146. The van der Waals surface area contributed by atoms with Crippen molar-refractivity contribution in [2.45, 2.75) is 12.5 Å². The second-order valence-electron chi connectivity index (χ2n) is 3.46. The maximum absolute atomic E-state index is 11.4. The van der Waals surface area contributed by atoms with Crippen LogP contribution in [0.5, 0.6) is 5.75 Å². The summed E-state index contributed by atoms with van der Waals surface area (Å²) in [6.45, 7) is -0.359. The molecule has 1 amide bonds. The number of hydrogen-bond acceptors (Lipinski definition) is 4. The Bertz CT molecular complexity index is 418. The van der Waals surface area contributed by atoms with Crippen LogP contribution in [0.2, 0.25) is 0 Å². The Labute approximate surface area is 97.5 Å². The Morgan fingerprint density at radius 2 is 1.94 bits per heavy atom. The highest BCUT2D eigenvalue weighted by molar-refractivity contribution is 5.80. The van der Waals surface area contributed by atoms with Gasteiger partial charge in [0.15, 0.2) is 6.10 Å². The van der Waals surface area contributed by atoms with Crippen LogP contribution in [0.25, 0.3) is 0 Å². The maximum atomic E-state index is 11.4. The molecule has 0 heterocycles. The predicted molar refractivity (Wildman–Crippen MR) is 58.5 cm³/mol. The van der Waals surface area contributed by atoms with Crippen LogP contribution in [0, 0.1) is 0 Å². The SMILES string of the molecule is O=C(Cc1ccccc1O)NCC(O)C(=O)O. The van der Waals surface area contributed by atoms with Crippen molar-refractivity contribution in [3.05, 3.63) is 29.8 Å². The number of hydrogen-bond donors (Lipinski definition) is 4. The number of para-hydroxylation sites is 1. The molecule has 17 heavy (non-hydrogen) atoms. The van der Waals surface area contributed by atoms with Crippen LogP contribution >= 0.6 is 0 Å². The lowest BCUT2D eigenvalue weighted by atomic mass is 10.1. The molecule has 1 aromatic carbocycles. The summed E-state index contributed by atoms with van der Waals surface area (Å²) in [6, 6.07) is 6.34. The number of amides is 1. The number of carbonyl (C=O) groups excluding carboxylic acids is 1. The molecule has 0 spiro atoms. The molecule has 6 heteroatoms. The van der Waals surface area contributed by atoms with Crippen molar-refractivity contribution in [1.29, 1.82) is 0 Å². The van der Waals surface area contributed by atoms with Crippen molar-refractivity contribution in [2.75, 3.05) is 6.54 Å². The van der Waals surface area contributed by atoms with Crippen LogP contribution in [0.4, 0.5) is 0 Å². The Morgan fingerprint density at radius 3 is 2.53 bits per heavy atom. The van der Waals surface area contributed by atoms with E-state index in [0.717, 1.165) is 0 Å². The lowest BCUT2D eigenvalue weighted by Gasteiger charge is -2.08. The van der Waals surface area contributed by atoms with Crippen LogP contribution in [0.3, 0.4) is 0 Å². The molecule has 1 aromatic rings. The zero-order valence-electron chi connectivity index (χ0n) is 8.96. The number of aliphatic hydroxyl groups excluding tert-OH is 1. The van der Waals surface area contributed by atoms with Crippen molar-refractivity contribution in [2.24, 2.45) is 0 Å². The lowest BCUT2D eigenvalue weighted by Crippen LogP contribution is -2.37. The van der Waals surface area contributed by atoms with Gasteiger partial charge in [0.2, 0.25) is 5.91 Å². The van der Waals surface area contributed by atoms with Gasteiger partial charge >= 0.3 is 5.97 Å². The van der Waals surface area contributed by atoms with E-state index in [-0.39, 0.29) is 18.7 Å². The van der Waals surface area contributed by atoms with Gasteiger partial charge in [-0.2, -0.15) is 0 Å². The molecule has 0 aliphatic heterocycles. The van der Waals surface area contributed by atoms with E-state index in [9.17, 15) is 14.7 Å². The molecule has 1 unspecified atom stereocenters. The van der Waals surface area contributed by atoms with Crippen molar-refractivity contribution >= 4 is 11.9 Å². The zero-order valence-corrected chi connectivity index (χ0v) is 8.96. The standard InChI is InChI=1S/C11H13NO5/c13-8-4-2-1-3-7(8)5-10(15)12-6-9(14)11(16)17/h1-4,9,13-14H,5-6H2,(H,12,15)(H,16,17). The van der Waals surface area contributed by atoms with Crippen molar-refractivity contribution < 1.29 is 24.9 Å². The maximum Gasteiger partial charge on any atom is 0.334 e. The fourth-order valence-corrected chi connectivity index (χ4v) is 1.19. The van der Waals surface area contributed by atoms with Gasteiger partial charge in [0.25, 0.3) is 0 Å². The summed E-state index contributed by atoms with van der Waals surface area (Å²) in [5.41, 5.74) is 0.440. The fourth-order valence-electron chi connectivity index (χ4n) is 1.19. The average molecular weight is 239 g/mol. The first kappa shape index (κ1) is 13.0. The number of aliphatic hydroxyl groups is 1. The summed E-state index contributed by atoms with van der Waals surface area (Å²) in [7, 11) is 0. The van der Waals surface area contributed by atoms with E-state index < -0.39 is 18.0 Å². The van der Waals surface area contributed by atoms with Crippen LogP contribution < -0.4 is 5.32 Å². The van der Waals surface area contributed by atoms with Gasteiger partial charge < -0.3 is 20.6 Å². The second-order valence-corrected chi connectivity index (χ2v) is 3.46. The van der Waals surface area contributed by atoms with E-state index in [1.165, 1.54) is 6.07 Å². The summed E-state index contributed by atoms with van der Waals surface area (Å²) in [5.74, 6) is -1.86. The van der Waals surface area contributed by atoms with Crippen LogP contribution in [0.15, 0.2) is 24.3 Å². The highest BCUT2D eigenvalue weighted by Gasteiger charge is 2.14. The summed E-state index contributed by atoms with van der Waals surface area (Å²) in [6.07, 6.45) is -1.69. The first-order valence-electron chi connectivity index (χ1n) is 4.95. The molecular weight excluding hydrogens is 226 g/mol. The molecule has 0 aliphatic rings. The first-order valence-corrected chi connectivity index (χ1v) is 4.95. The molecule has 4 N–H and O–H groups in total. The third-order valence-electron chi connectivity index (χ3n) is 2.12. The summed E-state index contributed by atoms with van der Waals surface area (Å²) < 4.78 is 0. The van der Waals surface area contributed by atoms with E-state index in [0.29, 0.717) is 5.56 Å². The number of rotatable bonds is 5.